The Bertz CT molecular complexity index is 551. The smallest absolute Gasteiger partial charge is 0.225 e. The van der Waals surface area contributed by atoms with Crippen molar-refractivity contribution < 1.29 is 9.32 Å². The van der Waals surface area contributed by atoms with Crippen molar-refractivity contribution in [2.24, 2.45) is 0 Å². The minimum absolute atomic E-state index is 0.0262. The maximum absolute atomic E-state index is 11.9. The van der Waals surface area contributed by atoms with Gasteiger partial charge in [0.15, 0.2) is 0 Å². The lowest BCUT2D eigenvalue weighted by Gasteiger charge is -2.09. The molecule has 0 spiro atoms. The molecule has 1 aromatic carbocycles. The molecule has 0 radical (unpaired) electrons. The summed E-state index contributed by atoms with van der Waals surface area (Å²) in [6.07, 6.45) is 3.35. The zero-order valence-corrected chi connectivity index (χ0v) is 9.72. The molecular weight excluding hydrogens is 230 g/mol. The predicted molar refractivity (Wildman–Crippen MR) is 67.4 cm³/mol. The summed E-state index contributed by atoms with van der Waals surface area (Å²) in [7, 11) is 0. The number of hydrogen-bond acceptors (Lipinski definition) is 4. The Labute approximate surface area is 104 Å². The molecule has 18 heavy (non-hydrogen) atoms. The first kappa shape index (κ1) is 10.8. The highest BCUT2D eigenvalue weighted by Gasteiger charge is 2.23. The van der Waals surface area contributed by atoms with E-state index >= 15 is 0 Å². The van der Waals surface area contributed by atoms with Gasteiger partial charge in [0.2, 0.25) is 5.91 Å². The van der Waals surface area contributed by atoms with Crippen molar-refractivity contribution in [1.82, 2.24) is 5.16 Å². The van der Waals surface area contributed by atoms with Crippen LogP contribution in [-0.2, 0) is 4.79 Å². The minimum Gasteiger partial charge on any atom is -0.384 e. The number of carbonyl (C=O) groups excluding carboxylic acids is 1. The predicted octanol–water partition coefficient (Wildman–Crippen LogP) is 2.21. The quantitative estimate of drug-likeness (QED) is 0.867. The lowest BCUT2D eigenvalue weighted by Crippen LogP contribution is -2.16. The van der Waals surface area contributed by atoms with Gasteiger partial charge in [-0.15, -0.1) is 0 Å². The van der Waals surface area contributed by atoms with E-state index in [1.165, 1.54) is 18.0 Å². The zero-order valence-electron chi connectivity index (χ0n) is 9.72. The van der Waals surface area contributed by atoms with E-state index in [1.807, 2.05) is 18.2 Å². The molecule has 2 N–H and O–H groups in total. The molecule has 2 aromatic rings. The number of nitrogens with zero attached hydrogens (tertiary/aromatic N) is 1. The highest BCUT2D eigenvalue weighted by Crippen LogP contribution is 2.33. The van der Waals surface area contributed by atoms with Gasteiger partial charge in [0.1, 0.15) is 12.0 Å². The van der Waals surface area contributed by atoms with Gasteiger partial charge in [0, 0.05) is 24.6 Å². The van der Waals surface area contributed by atoms with Crippen LogP contribution in [0.1, 0.15) is 17.9 Å². The molecular formula is C13H13N3O2. The van der Waals surface area contributed by atoms with Crippen molar-refractivity contribution >= 4 is 17.3 Å². The van der Waals surface area contributed by atoms with Crippen LogP contribution < -0.4 is 10.6 Å². The van der Waals surface area contributed by atoms with E-state index in [9.17, 15) is 4.79 Å². The molecule has 0 saturated carbocycles. The van der Waals surface area contributed by atoms with Crippen LogP contribution in [0.5, 0.6) is 0 Å². The number of para-hydroxylation sites is 1. The van der Waals surface area contributed by atoms with Crippen molar-refractivity contribution in [3.63, 3.8) is 0 Å². The molecule has 92 valence electrons. The van der Waals surface area contributed by atoms with E-state index in [0.29, 0.717) is 12.1 Å². The van der Waals surface area contributed by atoms with E-state index in [2.05, 4.69) is 26.4 Å². The molecule has 1 aliphatic rings. The Hall–Kier alpha value is -2.30. The van der Waals surface area contributed by atoms with E-state index in [1.54, 1.807) is 0 Å². The maximum Gasteiger partial charge on any atom is 0.225 e. The number of anilines is 2. The molecule has 3 rings (SSSR count). The third-order valence-corrected chi connectivity index (χ3v) is 3.09. The second kappa shape index (κ2) is 4.52. The fourth-order valence-corrected chi connectivity index (χ4v) is 2.24. The second-order valence-electron chi connectivity index (χ2n) is 4.33. The molecule has 1 unspecified atom stereocenters. The zero-order chi connectivity index (χ0) is 12.4. The fourth-order valence-electron chi connectivity index (χ4n) is 2.24. The summed E-state index contributed by atoms with van der Waals surface area (Å²) in [6.45, 7) is 0.802. The molecule has 2 heterocycles. The van der Waals surface area contributed by atoms with Gasteiger partial charge in [-0.05, 0) is 11.6 Å². The largest absolute Gasteiger partial charge is 0.384 e. The standard InChI is InChI=1S/C13H13N3O2/c17-13(16-10-7-15-18-8-10)5-9-6-14-12-4-2-1-3-11(9)12/h1-4,7-9,14H,5-6H2,(H,16,17). The first-order valence-electron chi connectivity index (χ1n) is 5.85. The number of carbonyl (C=O) groups is 1. The molecule has 0 fully saturated rings. The lowest BCUT2D eigenvalue weighted by atomic mass is 9.97. The summed E-state index contributed by atoms with van der Waals surface area (Å²) in [5.74, 6) is 0.197. The summed E-state index contributed by atoms with van der Waals surface area (Å²) in [6, 6.07) is 8.09. The summed E-state index contributed by atoms with van der Waals surface area (Å²) in [5, 5.41) is 9.60. The number of rotatable bonds is 3. The summed E-state index contributed by atoms with van der Waals surface area (Å²) in [5.41, 5.74) is 2.93. The van der Waals surface area contributed by atoms with Gasteiger partial charge in [0.05, 0.1) is 6.20 Å². The number of fused-ring (bicyclic) bond motifs is 1. The SMILES string of the molecule is O=C(CC1CNc2ccccc21)Nc1cnoc1. The topological polar surface area (TPSA) is 67.2 Å². The van der Waals surface area contributed by atoms with Crippen LogP contribution in [0, 0.1) is 0 Å². The van der Waals surface area contributed by atoms with Crippen LogP contribution in [0.15, 0.2) is 41.2 Å². The second-order valence-corrected chi connectivity index (χ2v) is 4.33. The summed E-state index contributed by atoms with van der Waals surface area (Å²) >= 11 is 0. The van der Waals surface area contributed by atoms with Crippen LogP contribution in [0.25, 0.3) is 0 Å². The van der Waals surface area contributed by atoms with Crippen LogP contribution in [0.2, 0.25) is 0 Å². The van der Waals surface area contributed by atoms with E-state index in [-0.39, 0.29) is 11.8 Å². The first-order valence-corrected chi connectivity index (χ1v) is 5.85. The summed E-state index contributed by atoms with van der Waals surface area (Å²) < 4.78 is 4.66. The average Bonchev–Trinajstić information content (AvgIpc) is 3.00. The summed E-state index contributed by atoms with van der Waals surface area (Å²) in [4.78, 5) is 11.9. The van der Waals surface area contributed by atoms with E-state index in [0.717, 1.165) is 12.2 Å². The van der Waals surface area contributed by atoms with E-state index < -0.39 is 0 Å². The Kier molecular flexibility index (Phi) is 2.72. The van der Waals surface area contributed by atoms with Crippen molar-refractivity contribution in [2.45, 2.75) is 12.3 Å². The Morgan fingerprint density at radius 3 is 3.22 bits per heavy atom. The molecule has 5 heteroatoms. The Morgan fingerprint density at radius 2 is 2.39 bits per heavy atom. The Morgan fingerprint density at radius 1 is 1.50 bits per heavy atom. The third-order valence-electron chi connectivity index (χ3n) is 3.09. The van der Waals surface area contributed by atoms with Crippen LogP contribution in [0.3, 0.4) is 0 Å². The molecule has 0 saturated heterocycles. The molecule has 0 aliphatic carbocycles. The first-order chi connectivity index (χ1) is 8.83. The normalized spacial score (nSPS) is 17.0. The lowest BCUT2D eigenvalue weighted by molar-refractivity contribution is -0.116. The van der Waals surface area contributed by atoms with Crippen molar-refractivity contribution in [1.29, 1.82) is 0 Å². The van der Waals surface area contributed by atoms with Gasteiger partial charge in [-0.1, -0.05) is 23.4 Å². The molecule has 0 bridgehead atoms. The number of amides is 1. The highest BCUT2D eigenvalue weighted by molar-refractivity contribution is 5.91. The fraction of sp³-hybridized carbons (Fsp3) is 0.231. The van der Waals surface area contributed by atoms with Gasteiger partial charge in [-0.3, -0.25) is 4.79 Å². The van der Waals surface area contributed by atoms with Gasteiger partial charge < -0.3 is 15.2 Å². The third kappa shape index (κ3) is 2.07. The molecule has 1 aliphatic heterocycles. The average molecular weight is 243 g/mol. The van der Waals surface area contributed by atoms with Gasteiger partial charge in [0.25, 0.3) is 0 Å². The van der Waals surface area contributed by atoms with Crippen LogP contribution in [-0.4, -0.2) is 17.6 Å². The van der Waals surface area contributed by atoms with Crippen molar-refractivity contribution in [3.05, 3.63) is 42.3 Å². The monoisotopic (exact) mass is 243 g/mol. The highest BCUT2D eigenvalue weighted by atomic mass is 16.5. The molecule has 5 nitrogen and oxygen atoms in total. The molecule has 1 atom stereocenters. The van der Waals surface area contributed by atoms with Gasteiger partial charge in [-0.2, -0.15) is 0 Å². The minimum atomic E-state index is -0.0262. The van der Waals surface area contributed by atoms with Gasteiger partial charge in [-0.25, -0.2) is 0 Å². The number of nitrogens with one attached hydrogen (secondary N) is 2. The molecule has 1 aromatic heterocycles. The van der Waals surface area contributed by atoms with E-state index in [4.69, 9.17) is 0 Å². The van der Waals surface area contributed by atoms with Gasteiger partial charge >= 0.3 is 0 Å². The van der Waals surface area contributed by atoms with Crippen LogP contribution in [0.4, 0.5) is 11.4 Å². The maximum atomic E-state index is 11.9. The molecule has 1 amide bonds. The number of aromatic nitrogens is 1. The van der Waals surface area contributed by atoms with Crippen molar-refractivity contribution in [3.8, 4) is 0 Å². The number of benzene rings is 1. The van der Waals surface area contributed by atoms with Crippen LogP contribution >= 0.6 is 0 Å². The number of hydrogen-bond donors (Lipinski definition) is 2. The Balaban J connectivity index is 1.66. The van der Waals surface area contributed by atoms with Crippen molar-refractivity contribution in [2.75, 3.05) is 17.2 Å².